The van der Waals surface area contributed by atoms with Crippen molar-refractivity contribution in [2.45, 2.75) is 9.79 Å². The second kappa shape index (κ2) is 11.1. The topological polar surface area (TPSA) is 25.2 Å². The quantitative estimate of drug-likeness (QED) is 0.192. The van der Waals surface area contributed by atoms with Gasteiger partial charge in [-0.25, -0.2) is 0 Å². The Hall–Kier alpha value is -5.00. The van der Waals surface area contributed by atoms with Gasteiger partial charge in [0.25, 0.3) is 0 Å². The number of phenols is 1. The average molecular weight is 658 g/mol. The molecule has 1 aromatic heterocycles. The molecule has 2 nitrogen and oxygen atoms in total. The number of rotatable bonds is 4. The van der Waals surface area contributed by atoms with Gasteiger partial charge in [0.05, 0.1) is 11.0 Å². The Kier molecular flexibility index (Phi) is 6.65. The van der Waals surface area contributed by atoms with Gasteiger partial charge in [-0.2, -0.15) is 0 Å². The summed E-state index contributed by atoms with van der Waals surface area (Å²) in [5, 5.41) is 19.2. The first kappa shape index (κ1) is 28.2. The van der Waals surface area contributed by atoms with Crippen LogP contribution in [0.25, 0.3) is 38.6 Å². The predicted molar refractivity (Wildman–Crippen MR) is 201 cm³/mol. The number of hydrogen-bond donors (Lipinski definition) is 1. The van der Waals surface area contributed by atoms with Crippen molar-refractivity contribution in [3.63, 3.8) is 0 Å². The lowest BCUT2D eigenvalue weighted by atomic mass is 10.1. The molecule has 224 valence electrons. The highest BCUT2D eigenvalue weighted by Crippen LogP contribution is 2.36. The normalized spacial score (nSPS) is 15.4. The van der Waals surface area contributed by atoms with Gasteiger partial charge < -0.3 is 9.67 Å². The molecule has 7 aromatic carbocycles. The van der Waals surface area contributed by atoms with E-state index in [1.54, 1.807) is 6.07 Å². The zero-order valence-electron chi connectivity index (χ0n) is 25.3. The first-order valence-corrected chi connectivity index (χ1v) is 18.9. The van der Waals surface area contributed by atoms with E-state index in [0.29, 0.717) is 0 Å². The minimum absolute atomic E-state index is 0.284. The Morgan fingerprint density at radius 2 is 1.11 bits per heavy atom. The summed E-state index contributed by atoms with van der Waals surface area (Å²) < 4.78 is 2.38. The highest BCUT2D eigenvalue weighted by atomic mass is 35.5. The van der Waals surface area contributed by atoms with Crippen molar-refractivity contribution in [3.8, 4) is 22.6 Å². The SMILES string of the molecule is Oc1ccccc1-c1ccc([Si]2(c3ccc(-n4c5ccccc5c5ccccc54)cc3)c3ccccc3Sc3cc(Cl)ccc32)cc1. The average Bonchev–Trinajstić information content (AvgIpc) is 3.45. The van der Waals surface area contributed by atoms with Crippen LogP contribution in [-0.2, 0) is 0 Å². The highest BCUT2D eigenvalue weighted by molar-refractivity contribution is 8.00. The number of nitrogens with zero attached hydrogens (tertiary/aromatic N) is 1. The molecular weight excluding hydrogens is 630 g/mol. The van der Waals surface area contributed by atoms with Crippen molar-refractivity contribution >= 4 is 74.0 Å². The lowest BCUT2D eigenvalue weighted by Gasteiger charge is -2.40. The first-order chi connectivity index (χ1) is 23.1. The number of benzene rings is 7. The molecule has 9 rings (SSSR count). The van der Waals surface area contributed by atoms with Crippen LogP contribution in [0.4, 0.5) is 0 Å². The van der Waals surface area contributed by atoms with E-state index in [1.807, 2.05) is 36.0 Å². The minimum atomic E-state index is -2.80. The third kappa shape index (κ3) is 4.33. The van der Waals surface area contributed by atoms with Crippen LogP contribution < -0.4 is 20.7 Å². The van der Waals surface area contributed by atoms with Crippen molar-refractivity contribution in [1.82, 2.24) is 4.57 Å². The standard InChI is InChI=1S/C42H28ClNOSSi/c43-29-19-26-42-40(27-29)46-39-15-7-8-16-41(39)47(42,31-22-17-28(18-23-31)33-9-3-6-14-38(33)45)32-24-20-30(21-25-32)44-36-12-4-1-10-34(36)35-11-2-5-13-37(35)44/h1-27,45H. The number of phenolic OH excluding ortho intramolecular Hbond substituents is 1. The second-order valence-corrected chi connectivity index (χ2v) is 17.3. The van der Waals surface area contributed by atoms with Gasteiger partial charge in [-0.05, 0) is 74.8 Å². The van der Waals surface area contributed by atoms with E-state index >= 15 is 0 Å². The Labute approximate surface area is 283 Å². The zero-order chi connectivity index (χ0) is 31.5. The summed E-state index contributed by atoms with van der Waals surface area (Å²) in [6, 6.07) is 58.3. The summed E-state index contributed by atoms with van der Waals surface area (Å²) in [6.45, 7) is 0. The van der Waals surface area contributed by atoms with Gasteiger partial charge in [0.1, 0.15) is 5.75 Å². The van der Waals surface area contributed by atoms with Crippen LogP contribution in [0.15, 0.2) is 174 Å². The third-order valence-electron chi connectivity index (χ3n) is 9.53. The smallest absolute Gasteiger partial charge is 0.181 e. The summed E-state index contributed by atoms with van der Waals surface area (Å²) in [4.78, 5) is 2.48. The fraction of sp³-hybridized carbons (Fsp3) is 0. The molecule has 1 N–H and O–H groups in total. The lowest BCUT2D eigenvalue weighted by molar-refractivity contribution is 0.477. The van der Waals surface area contributed by atoms with E-state index in [9.17, 15) is 5.11 Å². The third-order valence-corrected chi connectivity index (χ3v) is 16.1. The molecule has 47 heavy (non-hydrogen) atoms. The van der Waals surface area contributed by atoms with Crippen molar-refractivity contribution in [1.29, 1.82) is 0 Å². The predicted octanol–water partition coefficient (Wildman–Crippen LogP) is 8.65. The molecule has 5 heteroatoms. The number of aromatic nitrogens is 1. The number of aromatic hydroxyl groups is 1. The zero-order valence-corrected chi connectivity index (χ0v) is 27.8. The lowest BCUT2D eigenvalue weighted by Crippen LogP contribution is -2.76. The van der Waals surface area contributed by atoms with E-state index in [4.69, 9.17) is 11.6 Å². The number of fused-ring (bicyclic) bond motifs is 5. The summed E-state index contributed by atoms with van der Waals surface area (Å²) >= 11 is 8.45. The molecule has 0 fully saturated rings. The van der Waals surface area contributed by atoms with Gasteiger partial charge in [-0.15, -0.1) is 0 Å². The Morgan fingerprint density at radius 1 is 0.532 bits per heavy atom. The summed E-state index contributed by atoms with van der Waals surface area (Å²) in [6.07, 6.45) is 0. The molecular formula is C42H28ClNOSSi. The van der Waals surface area contributed by atoms with Crippen molar-refractivity contribution in [3.05, 3.63) is 169 Å². The molecule has 8 aromatic rings. The fourth-order valence-electron chi connectivity index (χ4n) is 7.49. The van der Waals surface area contributed by atoms with E-state index in [-0.39, 0.29) is 5.75 Å². The first-order valence-electron chi connectivity index (χ1n) is 15.7. The van der Waals surface area contributed by atoms with Gasteiger partial charge in [0.15, 0.2) is 8.07 Å². The van der Waals surface area contributed by atoms with E-state index in [2.05, 4.69) is 138 Å². The number of para-hydroxylation sites is 3. The van der Waals surface area contributed by atoms with Crippen molar-refractivity contribution < 1.29 is 5.11 Å². The van der Waals surface area contributed by atoms with Gasteiger partial charge in [-0.1, -0.05) is 139 Å². The molecule has 0 radical (unpaired) electrons. The molecule has 1 atom stereocenters. The van der Waals surface area contributed by atoms with Crippen LogP contribution in [0, 0.1) is 0 Å². The Bertz CT molecular complexity index is 2420. The van der Waals surface area contributed by atoms with Crippen molar-refractivity contribution in [2.24, 2.45) is 0 Å². The van der Waals surface area contributed by atoms with Crippen LogP contribution in [0.5, 0.6) is 5.75 Å². The highest BCUT2D eigenvalue weighted by Gasteiger charge is 2.47. The molecule has 0 saturated heterocycles. The number of halogens is 1. The van der Waals surface area contributed by atoms with E-state index < -0.39 is 8.07 Å². The summed E-state index contributed by atoms with van der Waals surface area (Å²) in [7, 11) is -2.80. The molecule has 0 spiro atoms. The van der Waals surface area contributed by atoms with Gasteiger partial charge in [0, 0.05) is 36.8 Å². The van der Waals surface area contributed by atoms with E-state index in [0.717, 1.165) is 21.8 Å². The molecule has 1 aliphatic heterocycles. The van der Waals surface area contributed by atoms with Gasteiger partial charge in [-0.3, -0.25) is 0 Å². The molecule has 1 aliphatic rings. The van der Waals surface area contributed by atoms with Crippen LogP contribution in [0.1, 0.15) is 0 Å². The monoisotopic (exact) mass is 657 g/mol. The molecule has 2 heterocycles. The largest absolute Gasteiger partial charge is 0.507 e. The maximum Gasteiger partial charge on any atom is 0.181 e. The molecule has 0 bridgehead atoms. The van der Waals surface area contributed by atoms with Crippen LogP contribution in [-0.4, -0.2) is 17.7 Å². The maximum atomic E-state index is 10.6. The molecule has 0 aliphatic carbocycles. The van der Waals surface area contributed by atoms with Crippen LogP contribution in [0.2, 0.25) is 5.02 Å². The van der Waals surface area contributed by atoms with Gasteiger partial charge >= 0.3 is 0 Å². The molecule has 0 saturated carbocycles. The molecule has 1 unspecified atom stereocenters. The second-order valence-electron chi connectivity index (χ2n) is 12.0. The van der Waals surface area contributed by atoms with E-state index in [1.165, 1.54) is 52.3 Å². The minimum Gasteiger partial charge on any atom is -0.507 e. The fourth-order valence-corrected chi connectivity index (χ4v) is 14.6. The Balaban J connectivity index is 1.29. The summed E-state index contributed by atoms with van der Waals surface area (Å²) in [5.74, 6) is 0.284. The van der Waals surface area contributed by atoms with Crippen LogP contribution >= 0.6 is 23.4 Å². The van der Waals surface area contributed by atoms with Crippen molar-refractivity contribution in [2.75, 3.05) is 0 Å². The summed E-state index contributed by atoms with van der Waals surface area (Å²) in [5.41, 5.74) is 5.37. The Morgan fingerprint density at radius 3 is 1.81 bits per heavy atom. The maximum absolute atomic E-state index is 10.6. The van der Waals surface area contributed by atoms with Crippen LogP contribution in [0.3, 0.4) is 0 Å². The van der Waals surface area contributed by atoms with Gasteiger partial charge in [0.2, 0.25) is 0 Å². The molecule has 0 amide bonds. The number of hydrogen-bond acceptors (Lipinski definition) is 2.